The van der Waals surface area contributed by atoms with E-state index in [-0.39, 0.29) is 5.82 Å². The largest absolute Gasteiger partial charge is 0.207 e. The molecule has 1 aromatic rings. The molecule has 1 heteroatoms. The number of hydrogen-bond acceptors (Lipinski definition) is 0. The maximum Gasteiger partial charge on any atom is 0.127 e. The molecule has 5 aliphatic carbocycles. The molecule has 22 heavy (non-hydrogen) atoms. The monoisotopic (exact) mass is 294 g/mol. The van der Waals surface area contributed by atoms with Crippen molar-refractivity contribution < 1.29 is 4.39 Å². The first-order valence-electron chi connectivity index (χ1n) is 8.79. The third-order valence-corrected chi connectivity index (χ3v) is 6.91. The van der Waals surface area contributed by atoms with E-state index in [1.54, 1.807) is 6.07 Å². The van der Waals surface area contributed by atoms with E-state index in [1.165, 1.54) is 48.0 Å². The molecule has 4 bridgehead atoms. The Hall–Kier alpha value is -1.37. The summed E-state index contributed by atoms with van der Waals surface area (Å²) in [4.78, 5) is 0. The van der Waals surface area contributed by atoms with E-state index in [9.17, 15) is 4.39 Å². The molecule has 5 aliphatic rings. The Balaban J connectivity index is 1.64. The minimum Gasteiger partial charge on any atom is -0.207 e. The normalized spacial score (nSPS) is 38.4. The van der Waals surface area contributed by atoms with Crippen LogP contribution in [0.2, 0.25) is 0 Å². The van der Waals surface area contributed by atoms with Crippen molar-refractivity contribution in [3.05, 3.63) is 52.4 Å². The van der Waals surface area contributed by atoms with Crippen LogP contribution < -0.4 is 0 Å². The summed E-state index contributed by atoms with van der Waals surface area (Å²) in [5.74, 6) is 3.74. The number of fused-ring (bicyclic) bond motifs is 1. The van der Waals surface area contributed by atoms with Crippen LogP contribution in [0.25, 0.3) is 6.08 Å². The zero-order valence-electron chi connectivity index (χ0n) is 13.2. The van der Waals surface area contributed by atoms with Gasteiger partial charge in [-0.25, -0.2) is 4.39 Å². The van der Waals surface area contributed by atoms with E-state index in [2.05, 4.69) is 25.6 Å². The highest BCUT2D eigenvalue weighted by Crippen LogP contribution is 2.62. The van der Waals surface area contributed by atoms with Crippen LogP contribution in [0.1, 0.15) is 55.2 Å². The van der Waals surface area contributed by atoms with Crippen LogP contribution in [-0.4, -0.2) is 0 Å². The zero-order valence-corrected chi connectivity index (χ0v) is 13.2. The van der Waals surface area contributed by atoms with E-state index < -0.39 is 0 Å². The van der Waals surface area contributed by atoms with Crippen LogP contribution in [0.15, 0.2) is 29.9 Å². The zero-order chi connectivity index (χ0) is 15.0. The van der Waals surface area contributed by atoms with E-state index in [0.29, 0.717) is 11.8 Å². The molecule has 0 aromatic heterocycles. The number of allylic oxidation sites excluding steroid dienone is 2. The standard InChI is InChI=1S/C21H23F/c1-11-5-18-16(3-4-20(22)19(18)6-11)21-15-8-13-7-14(10-15)12(2)17(21)9-13/h3-5,13-15,17,21H,2,6-10H2,1H3. The molecule has 4 saturated carbocycles. The molecule has 0 radical (unpaired) electrons. The molecule has 0 aliphatic heterocycles. The van der Waals surface area contributed by atoms with Gasteiger partial charge in [-0.3, -0.25) is 0 Å². The summed E-state index contributed by atoms with van der Waals surface area (Å²) in [6, 6.07) is 3.80. The van der Waals surface area contributed by atoms with Crippen LogP contribution in [-0.2, 0) is 6.42 Å². The van der Waals surface area contributed by atoms with Crippen LogP contribution in [0, 0.1) is 29.5 Å². The maximum absolute atomic E-state index is 14.2. The van der Waals surface area contributed by atoms with Gasteiger partial charge in [0.15, 0.2) is 0 Å². The lowest BCUT2D eigenvalue weighted by Gasteiger charge is -2.56. The molecule has 0 N–H and O–H groups in total. The Morgan fingerprint density at radius 1 is 1.14 bits per heavy atom. The summed E-state index contributed by atoms with van der Waals surface area (Å²) in [6.07, 6.45) is 8.46. The SMILES string of the molecule is C=C1C2CC3CC(C2)C(c2ccc(F)c4c2C=C(C)C4)C1C3. The van der Waals surface area contributed by atoms with Crippen molar-refractivity contribution in [3.8, 4) is 0 Å². The van der Waals surface area contributed by atoms with Crippen LogP contribution in [0.3, 0.4) is 0 Å². The summed E-state index contributed by atoms with van der Waals surface area (Å²) < 4.78 is 14.2. The Labute approximate surface area is 132 Å². The second kappa shape index (κ2) is 4.34. The molecular formula is C21H23F. The third-order valence-electron chi connectivity index (χ3n) is 6.91. The van der Waals surface area contributed by atoms with Gasteiger partial charge in [-0.05, 0) is 91.4 Å². The molecule has 4 fully saturated rings. The quantitative estimate of drug-likeness (QED) is 0.601. The molecule has 0 amide bonds. The summed E-state index contributed by atoms with van der Waals surface area (Å²) in [7, 11) is 0. The Morgan fingerprint density at radius 2 is 2.00 bits per heavy atom. The minimum absolute atomic E-state index is 0.0190. The molecule has 5 atom stereocenters. The fourth-order valence-corrected chi connectivity index (χ4v) is 6.14. The van der Waals surface area contributed by atoms with Crippen LogP contribution >= 0.6 is 0 Å². The van der Waals surface area contributed by atoms with Crippen molar-refractivity contribution in [1.29, 1.82) is 0 Å². The highest BCUT2D eigenvalue weighted by atomic mass is 19.1. The summed E-state index contributed by atoms with van der Waals surface area (Å²) in [5.41, 5.74) is 6.37. The first-order valence-corrected chi connectivity index (χ1v) is 8.79. The van der Waals surface area contributed by atoms with Crippen molar-refractivity contribution in [3.63, 3.8) is 0 Å². The van der Waals surface area contributed by atoms with Gasteiger partial charge in [0.25, 0.3) is 0 Å². The van der Waals surface area contributed by atoms with Gasteiger partial charge in [0.05, 0.1) is 0 Å². The first kappa shape index (κ1) is 13.1. The Bertz CT molecular complexity index is 711. The Kier molecular flexibility index (Phi) is 2.58. The lowest BCUT2D eigenvalue weighted by atomic mass is 9.49. The fraction of sp³-hybridized carbons (Fsp3) is 0.524. The van der Waals surface area contributed by atoms with E-state index in [0.717, 1.165) is 29.7 Å². The van der Waals surface area contributed by atoms with Crippen molar-refractivity contribution in [1.82, 2.24) is 0 Å². The van der Waals surface area contributed by atoms with E-state index in [4.69, 9.17) is 0 Å². The molecule has 6 rings (SSSR count). The van der Waals surface area contributed by atoms with Gasteiger partial charge in [0, 0.05) is 0 Å². The van der Waals surface area contributed by atoms with Gasteiger partial charge in [-0.1, -0.05) is 29.9 Å². The van der Waals surface area contributed by atoms with Crippen LogP contribution in [0.4, 0.5) is 4.39 Å². The molecule has 0 saturated heterocycles. The smallest absolute Gasteiger partial charge is 0.127 e. The lowest BCUT2D eigenvalue weighted by Crippen LogP contribution is -2.45. The minimum atomic E-state index is -0.0190. The van der Waals surface area contributed by atoms with Gasteiger partial charge in [0.1, 0.15) is 5.82 Å². The average Bonchev–Trinajstić information content (AvgIpc) is 2.88. The lowest BCUT2D eigenvalue weighted by molar-refractivity contribution is 0.0457. The van der Waals surface area contributed by atoms with Crippen molar-refractivity contribution >= 4 is 6.08 Å². The fourth-order valence-electron chi connectivity index (χ4n) is 6.14. The average molecular weight is 294 g/mol. The summed E-state index contributed by atoms with van der Waals surface area (Å²) in [5, 5.41) is 0. The van der Waals surface area contributed by atoms with Gasteiger partial charge >= 0.3 is 0 Å². The van der Waals surface area contributed by atoms with Crippen molar-refractivity contribution in [2.75, 3.05) is 0 Å². The van der Waals surface area contributed by atoms with Gasteiger partial charge < -0.3 is 0 Å². The van der Waals surface area contributed by atoms with Crippen molar-refractivity contribution in [2.45, 2.75) is 44.9 Å². The van der Waals surface area contributed by atoms with Gasteiger partial charge in [0.2, 0.25) is 0 Å². The number of hydrogen-bond donors (Lipinski definition) is 0. The third kappa shape index (κ3) is 1.63. The summed E-state index contributed by atoms with van der Waals surface area (Å²) in [6.45, 7) is 6.59. The van der Waals surface area contributed by atoms with Gasteiger partial charge in [-0.2, -0.15) is 0 Å². The second-order valence-corrected chi connectivity index (χ2v) is 8.17. The topological polar surface area (TPSA) is 0 Å². The molecule has 0 spiro atoms. The predicted molar refractivity (Wildman–Crippen MR) is 88.1 cm³/mol. The highest BCUT2D eigenvalue weighted by Gasteiger charge is 2.51. The van der Waals surface area contributed by atoms with E-state index >= 15 is 0 Å². The van der Waals surface area contributed by atoms with E-state index in [1.807, 2.05) is 0 Å². The second-order valence-electron chi connectivity index (χ2n) is 8.17. The highest BCUT2D eigenvalue weighted by molar-refractivity contribution is 5.67. The molecule has 0 heterocycles. The molecule has 114 valence electrons. The molecule has 0 nitrogen and oxygen atoms in total. The molecular weight excluding hydrogens is 271 g/mol. The predicted octanol–water partition coefficient (Wildman–Crippen LogP) is 5.49. The molecule has 1 aromatic carbocycles. The van der Waals surface area contributed by atoms with Crippen LogP contribution in [0.5, 0.6) is 0 Å². The van der Waals surface area contributed by atoms with Gasteiger partial charge in [-0.15, -0.1) is 0 Å². The Morgan fingerprint density at radius 3 is 2.86 bits per heavy atom. The number of benzene rings is 1. The molecule has 5 unspecified atom stereocenters. The summed E-state index contributed by atoms with van der Waals surface area (Å²) >= 11 is 0. The number of halogens is 1. The van der Waals surface area contributed by atoms with Crippen molar-refractivity contribution in [2.24, 2.45) is 23.7 Å². The number of rotatable bonds is 1. The maximum atomic E-state index is 14.2. The first-order chi connectivity index (χ1) is 10.6.